The van der Waals surface area contributed by atoms with E-state index in [2.05, 4.69) is 15.1 Å². The molecular formula is C12H13N3O2. The molecular weight excluding hydrogens is 218 g/mol. The molecule has 5 nitrogen and oxygen atoms in total. The normalized spacial score (nSPS) is 17.0. The van der Waals surface area contributed by atoms with Crippen molar-refractivity contribution in [3.05, 3.63) is 30.4 Å². The van der Waals surface area contributed by atoms with Crippen molar-refractivity contribution >= 4 is 0 Å². The SMILES string of the molecule is OC(Cc1nc(-c2cccnc2)no1)C1CC1. The molecule has 88 valence electrons. The van der Waals surface area contributed by atoms with Crippen molar-refractivity contribution in [2.75, 3.05) is 0 Å². The van der Waals surface area contributed by atoms with Crippen molar-refractivity contribution in [3.63, 3.8) is 0 Å². The average Bonchev–Trinajstić information content (AvgIpc) is 3.12. The Labute approximate surface area is 98.5 Å². The van der Waals surface area contributed by atoms with Gasteiger partial charge in [-0.05, 0) is 30.9 Å². The Morgan fingerprint density at radius 3 is 3.06 bits per heavy atom. The molecule has 0 bridgehead atoms. The predicted octanol–water partition coefficient (Wildman–Crippen LogP) is 1.44. The molecule has 3 rings (SSSR count). The van der Waals surface area contributed by atoms with E-state index in [9.17, 15) is 5.11 Å². The van der Waals surface area contributed by atoms with Gasteiger partial charge in [-0.2, -0.15) is 4.98 Å². The zero-order valence-electron chi connectivity index (χ0n) is 9.28. The topological polar surface area (TPSA) is 72.0 Å². The summed E-state index contributed by atoms with van der Waals surface area (Å²) in [4.78, 5) is 8.25. The number of hydrogen-bond acceptors (Lipinski definition) is 5. The van der Waals surface area contributed by atoms with Crippen LogP contribution in [0.25, 0.3) is 11.4 Å². The largest absolute Gasteiger partial charge is 0.392 e. The van der Waals surface area contributed by atoms with E-state index in [4.69, 9.17) is 4.52 Å². The number of aliphatic hydroxyl groups excluding tert-OH is 1. The third-order valence-electron chi connectivity index (χ3n) is 2.94. The van der Waals surface area contributed by atoms with Crippen LogP contribution in [-0.2, 0) is 6.42 Å². The lowest BCUT2D eigenvalue weighted by molar-refractivity contribution is 0.140. The Morgan fingerprint density at radius 1 is 1.47 bits per heavy atom. The van der Waals surface area contributed by atoms with Crippen LogP contribution in [-0.4, -0.2) is 26.3 Å². The van der Waals surface area contributed by atoms with Gasteiger partial charge in [0.25, 0.3) is 0 Å². The van der Waals surface area contributed by atoms with Gasteiger partial charge in [0.05, 0.1) is 12.5 Å². The summed E-state index contributed by atoms with van der Waals surface area (Å²) in [7, 11) is 0. The van der Waals surface area contributed by atoms with Crippen molar-refractivity contribution in [1.29, 1.82) is 0 Å². The number of hydrogen-bond donors (Lipinski definition) is 1. The number of rotatable bonds is 4. The second kappa shape index (κ2) is 4.25. The molecule has 17 heavy (non-hydrogen) atoms. The Hall–Kier alpha value is -1.75. The van der Waals surface area contributed by atoms with Crippen LogP contribution in [0.3, 0.4) is 0 Å². The fraction of sp³-hybridized carbons (Fsp3) is 0.417. The number of nitrogens with zero attached hydrogens (tertiary/aromatic N) is 3. The first kappa shape index (κ1) is 10.4. The second-order valence-corrected chi connectivity index (χ2v) is 4.36. The van der Waals surface area contributed by atoms with Gasteiger partial charge >= 0.3 is 0 Å². The minimum atomic E-state index is -0.350. The van der Waals surface area contributed by atoms with Crippen molar-refractivity contribution in [1.82, 2.24) is 15.1 Å². The fourth-order valence-corrected chi connectivity index (χ4v) is 1.78. The first-order chi connectivity index (χ1) is 8.33. The molecule has 1 atom stereocenters. The molecule has 0 amide bonds. The molecule has 0 spiro atoms. The van der Waals surface area contributed by atoms with E-state index < -0.39 is 0 Å². The van der Waals surface area contributed by atoms with E-state index >= 15 is 0 Å². The molecule has 2 heterocycles. The third-order valence-corrected chi connectivity index (χ3v) is 2.94. The van der Waals surface area contributed by atoms with Gasteiger partial charge in [0, 0.05) is 18.0 Å². The van der Waals surface area contributed by atoms with E-state index in [1.54, 1.807) is 12.4 Å². The molecule has 0 saturated heterocycles. The minimum absolute atomic E-state index is 0.350. The van der Waals surface area contributed by atoms with Gasteiger partial charge in [0.1, 0.15) is 0 Å². The summed E-state index contributed by atoms with van der Waals surface area (Å²) in [5.41, 5.74) is 0.823. The van der Waals surface area contributed by atoms with Crippen molar-refractivity contribution < 1.29 is 9.63 Å². The summed E-state index contributed by atoms with van der Waals surface area (Å²) in [6.45, 7) is 0. The summed E-state index contributed by atoms with van der Waals surface area (Å²) < 4.78 is 5.12. The van der Waals surface area contributed by atoms with Crippen molar-refractivity contribution in [2.45, 2.75) is 25.4 Å². The molecule has 0 aromatic carbocycles. The fourth-order valence-electron chi connectivity index (χ4n) is 1.78. The van der Waals surface area contributed by atoms with E-state index in [1.165, 1.54) is 0 Å². The summed E-state index contributed by atoms with van der Waals surface area (Å²) >= 11 is 0. The van der Waals surface area contributed by atoms with Crippen LogP contribution in [0.5, 0.6) is 0 Å². The lowest BCUT2D eigenvalue weighted by Gasteiger charge is -2.03. The van der Waals surface area contributed by atoms with E-state index in [0.29, 0.717) is 24.1 Å². The van der Waals surface area contributed by atoms with Gasteiger partial charge in [-0.3, -0.25) is 4.98 Å². The van der Waals surface area contributed by atoms with Crippen LogP contribution < -0.4 is 0 Å². The van der Waals surface area contributed by atoms with Gasteiger partial charge < -0.3 is 9.63 Å². The zero-order valence-corrected chi connectivity index (χ0v) is 9.28. The van der Waals surface area contributed by atoms with Gasteiger partial charge in [-0.25, -0.2) is 0 Å². The Balaban J connectivity index is 1.74. The molecule has 1 saturated carbocycles. The maximum absolute atomic E-state index is 9.78. The summed E-state index contributed by atoms with van der Waals surface area (Å²) in [5, 5.41) is 13.7. The van der Waals surface area contributed by atoms with Crippen LogP contribution in [0, 0.1) is 5.92 Å². The standard InChI is InChI=1S/C12H13N3O2/c16-10(8-3-4-8)6-11-14-12(15-17-11)9-2-1-5-13-7-9/h1-2,5,7-8,10,16H,3-4,6H2. The van der Waals surface area contributed by atoms with Gasteiger partial charge in [-0.1, -0.05) is 5.16 Å². The Morgan fingerprint density at radius 2 is 2.35 bits per heavy atom. The van der Waals surface area contributed by atoms with Crippen LogP contribution in [0.2, 0.25) is 0 Å². The highest BCUT2D eigenvalue weighted by Crippen LogP contribution is 2.33. The highest BCUT2D eigenvalue weighted by Gasteiger charge is 2.31. The molecule has 1 fully saturated rings. The molecule has 1 N–H and O–H groups in total. The molecule has 0 aliphatic heterocycles. The van der Waals surface area contributed by atoms with E-state index in [1.807, 2.05) is 12.1 Å². The summed E-state index contributed by atoms with van der Waals surface area (Å²) in [5.74, 6) is 1.43. The van der Waals surface area contributed by atoms with Gasteiger partial charge in [0.15, 0.2) is 0 Å². The minimum Gasteiger partial charge on any atom is -0.392 e. The smallest absolute Gasteiger partial charge is 0.229 e. The Bertz CT molecular complexity index is 493. The molecule has 1 aliphatic rings. The number of aliphatic hydroxyl groups is 1. The quantitative estimate of drug-likeness (QED) is 0.862. The average molecular weight is 231 g/mol. The predicted molar refractivity (Wildman–Crippen MR) is 60.0 cm³/mol. The summed E-state index contributed by atoms with van der Waals surface area (Å²) in [6.07, 6.45) is 5.68. The van der Waals surface area contributed by atoms with E-state index in [0.717, 1.165) is 18.4 Å². The molecule has 0 radical (unpaired) electrons. The molecule has 1 unspecified atom stereocenters. The number of aromatic nitrogens is 3. The highest BCUT2D eigenvalue weighted by atomic mass is 16.5. The maximum atomic E-state index is 9.78. The molecule has 5 heteroatoms. The van der Waals surface area contributed by atoms with Gasteiger partial charge in [-0.15, -0.1) is 0 Å². The maximum Gasteiger partial charge on any atom is 0.229 e. The molecule has 1 aliphatic carbocycles. The second-order valence-electron chi connectivity index (χ2n) is 4.36. The molecule has 2 aromatic rings. The zero-order chi connectivity index (χ0) is 11.7. The third kappa shape index (κ3) is 2.34. The monoisotopic (exact) mass is 231 g/mol. The lowest BCUT2D eigenvalue weighted by atomic mass is 10.2. The van der Waals surface area contributed by atoms with Crippen LogP contribution >= 0.6 is 0 Å². The van der Waals surface area contributed by atoms with Gasteiger partial charge in [0.2, 0.25) is 11.7 Å². The Kier molecular flexibility index (Phi) is 2.60. The first-order valence-corrected chi connectivity index (χ1v) is 5.74. The highest BCUT2D eigenvalue weighted by molar-refractivity contribution is 5.51. The van der Waals surface area contributed by atoms with Crippen molar-refractivity contribution in [2.24, 2.45) is 5.92 Å². The van der Waals surface area contributed by atoms with Crippen molar-refractivity contribution in [3.8, 4) is 11.4 Å². The number of pyridine rings is 1. The van der Waals surface area contributed by atoms with E-state index in [-0.39, 0.29) is 6.10 Å². The summed E-state index contributed by atoms with van der Waals surface area (Å²) in [6, 6.07) is 3.70. The van der Waals surface area contributed by atoms with Crippen LogP contribution in [0.1, 0.15) is 18.7 Å². The lowest BCUT2D eigenvalue weighted by Crippen LogP contribution is -2.12. The van der Waals surface area contributed by atoms with Crippen LogP contribution in [0.4, 0.5) is 0 Å². The van der Waals surface area contributed by atoms with Crippen LogP contribution in [0.15, 0.2) is 29.0 Å². The molecule has 2 aromatic heterocycles. The first-order valence-electron chi connectivity index (χ1n) is 5.74.